The lowest BCUT2D eigenvalue weighted by Crippen LogP contribution is -2.29. The predicted octanol–water partition coefficient (Wildman–Crippen LogP) is 4.02. The Morgan fingerprint density at radius 3 is 2.40 bits per heavy atom. The van der Waals surface area contributed by atoms with E-state index in [1.165, 1.54) is 30.3 Å². The molecule has 0 radical (unpaired) electrons. The quantitative estimate of drug-likeness (QED) is 0.660. The highest BCUT2D eigenvalue weighted by atomic mass is 35.5. The maximum absolute atomic E-state index is 13.7. The van der Waals surface area contributed by atoms with Gasteiger partial charge in [0.05, 0.1) is 11.1 Å². The van der Waals surface area contributed by atoms with Gasteiger partial charge in [-0.3, -0.25) is 11.3 Å². The van der Waals surface area contributed by atoms with Gasteiger partial charge in [-0.05, 0) is 47.9 Å². The Bertz CT molecular complexity index is 620. The first-order valence-electron chi connectivity index (χ1n) is 5.86. The molecule has 6 heteroatoms. The van der Waals surface area contributed by atoms with Crippen LogP contribution in [0.1, 0.15) is 17.2 Å². The highest BCUT2D eigenvalue weighted by Gasteiger charge is 2.15. The molecule has 0 spiro atoms. The van der Waals surface area contributed by atoms with Crippen LogP contribution in [-0.4, -0.2) is 0 Å². The van der Waals surface area contributed by atoms with Crippen LogP contribution in [0.3, 0.4) is 0 Å². The van der Waals surface area contributed by atoms with Crippen molar-refractivity contribution in [3.63, 3.8) is 0 Å². The molecule has 0 saturated heterocycles. The molecule has 0 aromatic heterocycles. The van der Waals surface area contributed by atoms with E-state index in [9.17, 15) is 8.78 Å². The lowest BCUT2D eigenvalue weighted by atomic mass is 9.99. The van der Waals surface area contributed by atoms with Crippen LogP contribution < -0.4 is 11.3 Å². The zero-order valence-corrected chi connectivity index (χ0v) is 11.8. The van der Waals surface area contributed by atoms with E-state index in [0.717, 1.165) is 0 Å². The maximum atomic E-state index is 13.7. The van der Waals surface area contributed by atoms with Crippen LogP contribution in [0.2, 0.25) is 10.0 Å². The number of halogens is 4. The number of benzene rings is 2. The van der Waals surface area contributed by atoms with Gasteiger partial charge in [-0.25, -0.2) is 8.78 Å². The molecule has 3 N–H and O–H groups in total. The van der Waals surface area contributed by atoms with E-state index < -0.39 is 11.9 Å². The van der Waals surface area contributed by atoms with Gasteiger partial charge >= 0.3 is 0 Å². The van der Waals surface area contributed by atoms with Crippen molar-refractivity contribution in [1.82, 2.24) is 5.43 Å². The standard InChI is InChI=1S/C14H12Cl2F2N2/c15-10-2-4-12(17)9(5-10)7-14(20-19)8-1-3-13(18)11(16)6-8/h1-6,14,20H,7,19H2. The van der Waals surface area contributed by atoms with Gasteiger partial charge in [0.25, 0.3) is 0 Å². The molecular weight excluding hydrogens is 305 g/mol. The summed E-state index contributed by atoms with van der Waals surface area (Å²) in [5.74, 6) is 4.60. The number of hydrazine groups is 1. The Morgan fingerprint density at radius 2 is 1.75 bits per heavy atom. The molecule has 20 heavy (non-hydrogen) atoms. The molecule has 2 nitrogen and oxygen atoms in total. The zero-order chi connectivity index (χ0) is 14.7. The minimum absolute atomic E-state index is 0.00526. The van der Waals surface area contributed by atoms with Gasteiger partial charge in [0.15, 0.2) is 0 Å². The summed E-state index contributed by atoms with van der Waals surface area (Å²) in [7, 11) is 0. The molecule has 2 aromatic rings. The van der Waals surface area contributed by atoms with Crippen LogP contribution in [-0.2, 0) is 6.42 Å². The minimum atomic E-state index is -0.514. The van der Waals surface area contributed by atoms with E-state index in [1.807, 2.05) is 0 Å². The molecule has 0 aliphatic heterocycles. The number of hydrogen-bond acceptors (Lipinski definition) is 2. The Balaban J connectivity index is 2.28. The summed E-state index contributed by atoms with van der Waals surface area (Å²) in [5.41, 5.74) is 3.65. The van der Waals surface area contributed by atoms with Gasteiger partial charge in [-0.2, -0.15) is 0 Å². The molecule has 0 aliphatic rings. The van der Waals surface area contributed by atoms with E-state index in [4.69, 9.17) is 29.0 Å². The summed E-state index contributed by atoms with van der Waals surface area (Å²) in [4.78, 5) is 0. The molecule has 0 bridgehead atoms. The molecule has 0 aliphatic carbocycles. The third-order valence-corrected chi connectivity index (χ3v) is 3.50. The van der Waals surface area contributed by atoms with Gasteiger partial charge in [-0.15, -0.1) is 0 Å². The van der Waals surface area contributed by atoms with Crippen molar-refractivity contribution in [2.75, 3.05) is 0 Å². The molecule has 1 atom stereocenters. The summed E-state index contributed by atoms with van der Waals surface area (Å²) in [6, 6.07) is 8.16. The van der Waals surface area contributed by atoms with Gasteiger partial charge in [0.1, 0.15) is 11.6 Å². The van der Waals surface area contributed by atoms with E-state index in [1.54, 1.807) is 6.07 Å². The van der Waals surface area contributed by atoms with E-state index >= 15 is 0 Å². The number of hydrogen-bond donors (Lipinski definition) is 2. The molecule has 0 heterocycles. The van der Waals surface area contributed by atoms with E-state index in [0.29, 0.717) is 16.1 Å². The fraction of sp³-hybridized carbons (Fsp3) is 0.143. The molecule has 1 unspecified atom stereocenters. The summed E-state index contributed by atoms with van der Waals surface area (Å²) in [6.45, 7) is 0. The van der Waals surface area contributed by atoms with Crippen molar-refractivity contribution >= 4 is 23.2 Å². The molecule has 0 amide bonds. The average Bonchev–Trinajstić information content (AvgIpc) is 2.43. The fourth-order valence-electron chi connectivity index (χ4n) is 1.92. The van der Waals surface area contributed by atoms with Crippen molar-refractivity contribution in [1.29, 1.82) is 0 Å². The Morgan fingerprint density at radius 1 is 1.05 bits per heavy atom. The predicted molar refractivity (Wildman–Crippen MR) is 76.6 cm³/mol. The third kappa shape index (κ3) is 3.46. The molecule has 2 aromatic carbocycles. The van der Waals surface area contributed by atoms with Crippen LogP contribution in [0.25, 0.3) is 0 Å². The molecule has 0 saturated carbocycles. The van der Waals surface area contributed by atoms with Crippen LogP contribution in [0, 0.1) is 11.6 Å². The highest BCUT2D eigenvalue weighted by Crippen LogP contribution is 2.25. The SMILES string of the molecule is NNC(Cc1cc(Cl)ccc1F)c1ccc(F)c(Cl)c1. The monoisotopic (exact) mass is 316 g/mol. The second-order valence-corrected chi connectivity index (χ2v) is 5.18. The summed E-state index contributed by atoms with van der Waals surface area (Å²) < 4.78 is 26.9. The van der Waals surface area contributed by atoms with Crippen LogP contribution in [0.15, 0.2) is 36.4 Å². The number of nitrogens with one attached hydrogen (secondary N) is 1. The largest absolute Gasteiger partial charge is 0.271 e. The normalized spacial score (nSPS) is 12.4. The smallest absolute Gasteiger partial charge is 0.141 e. The Hall–Kier alpha value is -1.20. The minimum Gasteiger partial charge on any atom is -0.271 e. The van der Waals surface area contributed by atoms with Crippen LogP contribution in [0.4, 0.5) is 8.78 Å². The lowest BCUT2D eigenvalue weighted by molar-refractivity contribution is 0.527. The third-order valence-electron chi connectivity index (χ3n) is 2.98. The molecule has 0 fully saturated rings. The average molecular weight is 317 g/mol. The van der Waals surface area contributed by atoms with Crippen molar-refractivity contribution in [2.24, 2.45) is 5.84 Å². The number of rotatable bonds is 4. The molecular formula is C14H12Cl2F2N2. The Labute approximate surface area is 125 Å². The van der Waals surface area contributed by atoms with Gasteiger partial charge in [-0.1, -0.05) is 29.3 Å². The summed E-state index contributed by atoms with van der Waals surface area (Å²) in [6.07, 6.45) is 0.269. The van der Waals surface area contributed by atoms with Crippen molar-refractivity contribution in [2.45, 2.75) is 12.5 Å². The second-order valence-electron chi connectivity index (χ2n) is 4.33. The van der Waals surface area contributed by atoms with Crippen molar-refractivity contribution in [3.8, 4) is 0 Å². The summed E-state index contributed by atoms with van der Waals surface area (Å²) in [5, 5.41) is 0.434. The molecule has 2 rings (SSSR count). The highest BCUT2D eigenvalue weighted by molar-refractivity contribution is 6.31. The fourth-order valence-corrected chi connectivity index (χ4v) is 2.31. The first-order valence-corrected chi connectivity index (χ1v) is 6.62. The van der Waals surface area contributed by atoms with E-state index in [2.05, 4.69) is 5.43 Å². The van der Waals surface area contributed by atoms with Crippen molar-refractivity contribution in [3.05, 3.63) is 69.2 Å². The Kier molecular flexibility index (Phi) is 4.94. The summed E-state index contributed by atoms with van der Waals surface area (Å²) >= 11 is 11.6. The van der Waals surface area contributed by atoms with E-state index in [-0.39, 0.29) is 17.3 Å². The van der Waals surface area contributed by atoms with Crippen LogP contribution >= 0.6 is 23.2 Å². The topological polar surface area (TPSA) is 38.0 Å². The first-order chi connectivity index (χ1) is 9.51. The maximum Gasteiger partial charge on any atom is 0.141 e. The zero-order valence-electron chi connectivity index (χ0n) is 10.3. The van der Waals surface area contributed by atoms with Crippen LogP contribution in [0.5, 0.6) is 0 Å². The van der Waals surface area contributed by atoms with Gasteiger partial charge in [0, 0.05) is 5.02 Å². The lowest BCUT2D eigenvalue weighted by Gasteiger charge is -2.17. The number of nitrogens with two attached hydrogens (primary N) is 1. The van der Waals surface area contributed by atoms with Crippen molar-refractivity contribution < 1.29 is 8.78 Å². The van der Waals surface area contributed by atoms with Gasteiger partial charge < -0.3 is 0 Å². The first kappa shape index (κ1) is 15.2. The molecule has 106 valence electrons. The second kappa shape index (κ2) is 6.50. The van der Waals surface area contributed by atoms with Gasteiger partial charge in [0.2, 0.25) is 0 Å².